The second-order valence-electron chi connectivity index (χ2n) is 7.05. The van der Waals surface area contributed by atoms with E-state index in [0.717, 1.165) is 0 Å². The molecule has 10 nitrogen and oxygen atoms in total. The maximum absolute atomic E-state index is 13.4. The van der Waals surface area contributed by atoms with E-state index in [9.17, 15) is 9.59 Å². The lowest BCUT2D eigenvalue weighted by molar-refractivity contribution is -0.113. The molecule has 176 valence electrons. The van der Waals surface area contributed by atoms with Crippen LogP contribution in [0, 0.1) is 0 Å². The van der Waals surface area contributed by atoms with Crippen LogP contribution < -0.4 is 39.6 Å². The van der Waals surface area contributed by atoms with Gasteiger partial charge in [0.25, 0.3) is 5.91 Å². The lowest BCUT2D eigenvalue weighted by Gasteiger charge is -2.29. The normalized spacial score (nSPS) is 15.2. The van der Waals surface area contributed by atoms with Crippen molar-refractivity contribution in [3.8, 4) is 28.7 Å². The Kier molecular flexibility index (Phi) is 7.17. The van der Waals surface area contributed by atoms with Crippen molar-refractivity contribution in [3.63, 3.8) is 0 Å². The third kappa shape index (κ3) is 4.74. The van der Waals surface area contributed by atoms with Gasteiger partial charge >= 0.3 is 6.03 Å². The SMILES string of the molecule is COc1ccc(OC)c(NC(=O)C2=C(C)NC(=O)NC2c2cc(OC)c(OC)c(OC)c2)c1. The Bertz CT molecular complexity index is 1070. The number of hydrogen-bond acceptors (Lipinski definition) is 7. The first kappa shape index (κ1) is 23.6. The predicted octanol–water partition coefficient (Wildman–Crippen LogP) is 3.00. The molecule has 2 aromatic carbocycles. The number of allylic oxidation sites excluding steroid dienone is 1. The molecule has 0 saturated carbocycles. The predicted molar refractivity (Wildman–Crippen MR) is 121 cm³/mol. The van der Waals surface area contributed by atoms with Crippen LogP contribution in [-0.4, -0.2) is 47.5 Å². The smallest absolute Gasteiger partial charge is 0.319 e. The molecular formula is C23H27N3O7. The van der Waals surface area contributed by atoms with E-state index in [0.29, 0.717) is 51.3 Å². The Labute approximate surface area is 191 Å². The number of nitrogens with one attached hydrogen (secondary N) is 3. The number of carbonyl (C=O) groups is 2. The maximum atomic E-state index is 13.4. The van der Waals surface area contributed by atoms with Crippen molar-refractivity contribution < 1.29 is 33.3 Å². The molecule has 3 N–H and O–H groups in total. The highest BCUT2D eigenvalue weighted by Crippen LogP contribution is 2.41. The molecule has 1 aliphatic rings. The zero-order valence-electron chi connectivity index (χ0n) is 19.3. The second kappa shape index (κ2) is 10.0. The first-order valence-electron chi connectivity index (χ1n) is 9.98. The summed E-state index contributed by atoms with van der Waals surface area (Å²) in [6.45, 7) is 1.65. The van der Waals surface area contributed by atoms with Gasteiger partial charge in [-0.2, -0.15) is 0 Å². The standard InChI is InChI=1S/C23H27N3O7/c1-12-19(22(27)25-15-11-14(29-2)7-8-16(15)30-3)20(26-23(28)24-12)13-9-17(31-4)21(33-6)18(10-13)32-5/h7-11,20H,1-6H3,(H,25,27)(H2,24,26,28). The summed E-state index contributed by atoms with van der Waals surface area (Å²) in [4.78, 5) is 25.7. The average Bonchev–Trinajstić information content (AvgIpc) is 2.82. The van der Waals surface area contributed by atoms with Crippen LogP contribution in [0.5, 0.6) is 28.7 Å². The monoisotopic (exact) mass is 457 g/mol. The highest BCUT2D eigenvalue weighted by atomic mass is 16.5. The molecule has 1 aliphatic heterocycles. The summed E-state index contributed by atoms with van der Waals surface area (Å²) in [5.41, 5.74) is 1.69. The van der Waals surface area contributed by atoms with Crippen LogP contribution in [0.15, 0.2) is 41.6 Å². The number of hydrogen-bond donors (Lipinski definition) is 3. The molecule has 0 saturated heterocycles. The summed E-state index contributed by atoms with van der Waals surface area (Å²) in [5.74, 6) is 1.76. The van der Waals surface area contributed by atoms with Gasteiger partial charge in [-0.25, -0.2) is 4.79 Å². The van der Waals surface area contributed by atoms with Gasteiger partial charge in [0.1, 0.15) is 11.5 Å². The first-order chi connectivity index (χ1) is 15.9. The highest BCUT2D eigenvalue weighted by Gasteiger charge is 2.33. The first-order valence-corrected chi connectivity index (χ1v) is 9.98. The molecule has 0 aromatic heterocycles. The van der Waals surface area contributed by atoms with E-state index in [-0.39, 0.29) is 0 Å². The molecule has 1 heterocycles. The van der Waals surface area contributed by atoms with Gasteiger partial charge in [-0.3, -0.25) is 4.79 Å². The molecule has 0 radical (unpaired) electrons. The zero-order chi connectivity index (χ0) is 24.1. The van der Waals surface area contributed by atoms with Crippen molar-refractivity contribution in [1.82, 2.24) is 10.6 Å². The third-order valence-electron chi connectivity index (χ3n) is 5.19. The van der Waals surface area contributed by atoms with E-state index in [1.54, 1.807) is 37.3 Å². The maximum Gasteiger partial charge on any atom is 0.319 e. The Morgan fingerprint density at radius 3 is 2.06 bits per heavy atom. The minimum absolute atomic E-state index is 0.300. The van der Waals surface area contributed by atoms with Gasteiger partial charge in [0.2, 0.25) is 5.75 Å². The van der Waals surface area contributed by atoms with Crippen LogP contribution in [0.1, 0.15) is 18.5 Å². The Morgan fingerprint density at radius 2 is 1.52 bits per heavy atom. The Balaban J connectivity index is 2.06. The van der Waals surface area contributed by atoms with Crippen molar-refractivity contribution in [3.05, 3.63) is 47.2 Å². The molecule has 1 unspecified atom stereocenters. The lowest BCUT2D eigenvalue weighted by atomic mass is 9.94. The van der Waals surface area contributed by atoms with Crippen LogP contribution in [0.4, 0.5) is 10.5 Å². The van der Waals surface area contributed by atoms with Gasteiger partial charge in [0.15, 0.2) is 11.5 Å². The number of carbonyl (C=O) groups excluding carboxylic acids is 2. The minimum Gasteiger partial charge on any atom is -0.497 e. The van der Waals surface area contributed by atoms with Gasteiger partial charge in [-0.15, -0.1) is 0 Å². The van der Waals surface area contributed by atoms with Crippen molar-refractivity contribution in [2.24, 2.45) is 0 Å². The van der Waals surface area contributed by atoms with Crippen molar-refractivity contribution >= 4 is 17.6 Å². The van der Waals surface area contributed by atoms with Crippen molar-refractivity contribution in [2.75, 3.05) is 40.9 Å². The molecule has 0 fully saturated rings. The van der Waals surface area contributed by atoms with E-state index < -0.39 is 18.0 Å². The van der Waals surface area contributed by atoms with Crippen LogP contribution in [-0.2, 0) is 4.79 Å². The fourth-order valence-corrected chi connectivity index (χ4v) is 3.61. The van der Waals surface area contributed by atoms with Gasteiger partial charge < -0.3 is 39.6 Å². The van der Waals surface area contributed by atoms with E-state index in [2.05, 4.69) is 16.0 Å². The molecule has 33 heavy (non-hydrogen) atoms. The molecular weight excluding hydrogens is 430 g/mol. The lowest BCUT2D eigenvalue weighted by Crippen LogP contribution is -2.46. The van der Waals surface area contributed by atoms with Gasteiger partial charge in [0, 0.05) is 11.8 Å². The molecule has 2 aromatic rings. The highest BCUT2D eigenvalue weighted by molar-refractivity contribution is 6.07. The zero-order valence-corrected chi connectivity index (χ0v) is 19.3. The molecule has 3 rings (SSSR count). The largest absolute Gasteiger partial charge is 0.497 e. The summed E-state index contributed by atoms with van der Waals surface area (Å²) in [6.07, 6.45) is 0. The average molecular weight is 457 g/mol. The summed E-state index contributed by atoms with van der Waals surface area (Å²) < 4.78 is 26.8. The fraction of sp³-hybridized carbons (Fsp3) is 0.304. The van der Waals surface area contributed by atoms with Crippen LogP contribution in [0.2, 0.25) is 0 Å². The van der Waals surface area contributed by atoms with Crippen molar-refractivity contribution in [1.29, 1.82) is 0 Å². The molecule has 0 bridgehead atoms. The number of anilines is 1. The molecule has 0 spiro atoms. The van der Waals surface area contributed by atoms with E-state index in [1.165, 1.54) is 35.5 Å². The molecule has 0 aliphatic carbocycles. The number of rotatable bonds is 8. The summed E-state index contributed by atoms with van der Waals surface area (Å²) in [6, 6.07) is 7.20. The van der Waals surface area contributed by atoms with Gasteiger partial charge in [0.05, 0.1) is 52.9 Å². The minimum atomic E-state index is -0.788. The number of methoxy groups -OCH3 is 5. The van der Waals surface area contributed by atoms with Crippen molar-refractivity contribution in [2.45, 2.75) is 13.0 Å². The summed E-state index contributed by atoms with van der Waals surface area (Å²) >= 11 is 0. The van der Waals surface area contributed by atoms with Crippen LogP contribution in [0.3, 0.4) is 0 Å². The fourth-order valence-electron chi connectivity index (χ4n) is 3.61. The number of urea groups is 1. The molecule has 10 heteroatoms. The quantitative estimate of drug-likeness (QED) is 0.558. The Hall–Kier alpha value is -4.08. The topological polar surface area (TPSA) is 116 Å². The Morgan fingerprint density at radius 1 is 0.879 bits per heavy atom. The number of ether oxygens (including phenoxy) is 5. The summed E-state index contributed by atoms with van der Waals surface area (Å²) in [5, 5.41) is 8.30. The van der Waals surface area contributed by atoms with Crippen LogP contribution >= 0.6 is 0 Å². The molecule has 1 atom stereocenters. The van der Waals surface area contributed by atoms with E-state index >= 15 is 0 Å². The van der Waals surface area contributed by atoms with Gasteiger partial charge in [-0.05, 0) is 36.8 Å². The van der Waals surface area contributed by atoms with E-state index in [1.807, 2.05) is 0 Å². The van der Waals surface area contributed by atoms with Gasteiger partial charge in [-0.1, -0.05) is 0 Å². The third-order valence-corrected chi connectivity index (χ3v) is 5.19. The summed E-state index contributed by atoms with van der Waals surface area (Å²) in [7, 11) is 7.51. The van der Waals surface area contributed by atoms with Crippen LogP contribution in [0.25, 0.3) is 0 Å². The number of benzene rings is 2. The second-order valence-corrected chi connectivity index (χ2v) is 7.05. The number of amides is 3. The molecule has 3 amide bonds. The van der Waals surface area contributed by atoms with E-state index in [4.69, 9.17) is 23.7 Å².